The third-order valence-corrected chi connectivity index (χ3v) is 7.44. The molecule has 4 rings (SSSR count). The first-order valence-corrected chi connectivity index (χ1v) is 13.1. The van der Waals surface area contributed by atoms with Crippen molar-refractivity contribution in [2.75, 3.05) is 10.6 Å². The van der Waals surface area contributed by atoms with Crippen LogP contribution in [0.3, 0.4) is 0 Å². The second-order valence-electron chi connectivity index (χ2n) is 8.34. The quantitative estimate of drug-likeness (QED) is 0.190. The number of hydrogen-bond acceptors (Lipinski definition) is 4. The molecular formula is C29H22Cl2N2O4S. The lowest BCUT2D eigenvalue weighted by Gasteiger charge is -2.18. The second-order valence-corrected chi connectivity index (χ2v) is 10.4. The van der Waals surface area contributed by atoms with Crippen molar-refractivity contribution in [3.63, 3.8) is 0 Å². The van der Waals surface area contributed by atoms with Gasteiger partial charge in [0.25, 0.3) is 5.91 Å². The summed E-state index contributed by atoms with van der Waals surface area (Å²) in [6, 6.07) is 25.7. The molecule has 38 heavy (non-hydrogen) atoms. The van der Waals surface area contributed by atoms with Crippen LogP contribution in [-0.4, -0.2) is 22.9 Å². The number of carbonyl (C=O) groups is 3. The molecular weight excluding hydrogens is 543 g/mol. The van der Waals surface area contributed by atoms with Gasteiger partial charge in [-0.25, -0.2) is 4.79 Å². The highest BCUT2D eigenvalue weighted by Gasteiger charge is 2.23. The molecule has 0 heterocycles. The van der Waals surface area contributed by atoms with Crippen LogP contribution >= 0.6 is 35.0 Å². The number of halogens is 2. The summed E-state index contributed by atoms with van der Waals surface area (Å²) in [6.45, 7) is 1.80. The van der Waals surface area contributed by atoms with E-state index in [2.05, 4.69) is 10.6 Å². The van der Waals surface area contributed by atoms with Gasteiger partial charge in [0.1, 0.15) is 5.25 Å². The molecule has 192 valence electrons. The van der Waals surface area contributed by atoms with Crippen molar-refractivity contribution >= 4 is 64.1 Å². The van der Waals surface area contributed by atoms with Crippen LogP contribution in [0.1, 0.15) is 37.1 Å². The third kappa shape index (κ3) is 6.75. The molecule has 1 unspecified atom stereocenters. The molecule has 0 saturated heterocycles. The summed E-state index contributed by atoms with van der Waals surface area (Å²) < 4.78 is 0. The number of carboxylic acid groups (broad SMARTS) is 1. The number of aromatic carboxylic acids is 1. The van der Waals surface area contributed by atoms with Gasteiger partial charge in [0, 0.05) is 21.3 Å². The van der Waals surface area contributed by atoms with Gasteiger partial charge in [0.2, 0.25) is 5.91 Å². The smallest absolute Gasteiger partial charge is 0.335 e. The van der Waals surface area contributed by atoms with Gasteiger partial charge in [-0.15, -0.1) is 11.8 Å². The molecule has 0 saturated carbocycles. The topological polar surface area (TPSA) is 95.5 Å². The number of hydrogen-bond donors (Lipinski definition) is 3. The lowest BCUT2D eigenvalue weighted by atomic mass is 10.1. The number of aryl methyl sites for hydroxylation is 1. The van der Waals surface area contributed by atoms with E-state index in [0.29, 0.717) is 22.0 Å². The second kappa shape index (κ2) is 12.2. The molecule has 0 aliphatic rings. The minimum absolute atomic E-state index is 0.0901. The van der Waals surface area contributed by atoms with Gasteiger partial charge in [-0.05, 0) is 72.6 Å². The minimum Gasteiger partial charge on any atom is -0.478 e. The summed E-state index contributed by atoms with van der Waals surface area (Å²) in [4.78, 5) is 38.2. The van der Waals surface area contributed by atoms with Gasteiger partial charge >= 0.3 is 5.97 Å². The largest absolute Gasteiger partial charge is 0.478 e. The summed E-state index contributed by atoms with van der Waals surface area (Å²) in [6.07, 6.45) is 0. The molecule has 9 heteroatoms. The molecule has 0 aromatic heterocycles. The van der Waals surface area contributed by atoms with E-state index in [4.69, 9.17) is 23.2 Å². The number of anilines is 2. The zero-order valence-electron chi connectivity index (χ0n) is 20.1. The van der Waals surface area contributed by atoms with Gasteiger partial charge < -0.3 is 15.7 Å². The highest BCUT2D eigenvalue weighted by molar-refractivity contribution is 8.00. The minimum atomic E-state index is -1.07. The summed E-state index contributed by atoms with van der Waals surface area (Å²) in [7, 11) is 0. The van der Waals surface area contributed by atoms with Crippen molar-refractivity contribution in [3.8, 4) is 0 Å². The Bertz CT molecular complexity index is 1490. The Labute approximate surface area is 234 Å². The van der Waals surface area contributed by atoms with Crippen LogP contribution in [0.5, 0.6) is 0 Å². The molecule has 0 radical (unpaired) electrons. The fraction of sp³-hybridized carbons (Fsp3) is 0.0690. The summed E-state index contributed by atoms with van der Waals surface area (Å²) in [5.41, 5.74) is 2.94. The van der Waals surface area contributed by atoms with Gasteiger partial charge in [0.05, 0.1) is 16.1 Å². The molecule has 0 aliphatic heterocycles. The predicted octanol–water partition coefficient (Wildman–Crippen LogP) is 7.72. The molecule has 1 atom stereocenters. The van der Waals surface area contributed by atoms with Crippen LogP contribution in [-0.2, 0) is 4.79 Å². The Balaban J connectivity index is 1.52. The Morgan fingerprint density at radius 3 is 2.21 bits per heavy atom. The van der Waals surface area contributed by atoms with Crippen molar-refractivity contribution in [1.82, 2.24) is 0 Å². The number of carboxylic acids is 1. The lowest BCUT2D eigenvalue weighted by molar-refractivity contribution is -0.115. The molecule has 0 fully saturated rings. The Kier molecular flexibility index (Phi) is 8.73. The maximum absolute atomic E-state index is 13.4. The van der Waals surface area contributed by atoms with Crippen molar-refractivity contribution in [2.24, 2.45) is 0 Å². The number of rotatable bonds is 8. The first-order chi connectivity index (χ1) is 18.2. The normalized spacial score (nSPS) is 11.4. The van der Waals surface area contributed by atoms with Crippen LogP contribution in [0.4, 0.5) is 11.4 Å². The molecule has 0 bridgehead atoms. The molecule has 0 spiro atoms. The van der Waals surface area contributed by atoms with E-state index < -0.39 is 11.2 Å². The van der Waals surface area contributed by atoms with Crippen LogP contribution in [0.15, 0.2) is 95.9 Å². The fourth-order valence-corrected chi connectivity index (χ4v) is 5.13. The van der Waals surface area contributed by atoms with E-state index in [-0.39, 0.29) is 22.4 Å². The number of carbonyl (C=O) groups excluding carboxylic acids is 2. The molecule has 0 aliphatic carbocycles. The Morgan fingerprint density at radius 2 is 1.55 bits per heavy atom. The van der Waals surface area contributed by atoms with Crippen molar-refractivity contribution in [2.45, 2.75) is 17.1 Å². The molecule has 4 aromatic carbocycles. The Hall–Kier alpha value is -3.78. The number of amides is 2. The van der Waals surface area contributed by atoms with E-state index in [1.165, 1.54) is 30.0 Å². The standard InChI is InChI=1S/C29H22Cl2N2O4S/c1-17-7-8-19(29(36)37)15-25(17)33-28(35)26(18-5-3-2-4-6-18)38-22-12-10-21(11-13-22)32-27(34)23-14-9-20(30)16-24(23)31/h2-16,26H,1H3,(H,32,34)(H,33,35)(H,36,37). The zero-order chi connectivity index (χ0) is 27.2. The maximum atomic E-state index is 13.4. The maximum Gasteiger partial charge on any atom is 0.335 e. The summed E-state index contributed by atoms with van der Waals surface area (Å²) in [5, 5.41) is 15.1. The van der Waals surface area contributed by atoms with Crippen molar-refractivity contribution in [1.29, 1.82) is 0 Å². The predicted molar refractivity (Wildman–Crippen MR) is 153 cm³/mol. The average molecular weight is 565 g/mol. The van der Waals surface area contributed by atoms with Crippen LogP contribution in [0.2, 0.25) is 10.0 Å². The first kappa shape index (κ1) is 27.3. The molecule has 6 nitrogen and oxygen atoms in total. The number of nitrogens with one attached hydrogen (secondary N) is 2. The number of benzene rings is 4. The van der Waals surface area contributed by atoms with Crippen molar-refractivity contribution < 1.29 is 19.5 Å². The highest BCUT2D eigenvalue weighted by Crippen LogP contribution is 2.37. The van der Waals surface area contributed by atoms with Gasteiger partial charge in [-0.3, -0.25) is 9.59 Å². The SMILES string of the molecule is Cc1ccc(C(=O)O)cc1NC(=O)C(Sc1ccc(NC(=O)c2ccc(Cl)cc2Cl)cc1)c1ccccc1. The van der Waals surface area contributed by atoms with Gasteiger partial charge in [-0.2, -0.15) is 0 Å². The highest BCUT2D eigenvalue weighted by atomic mass is 35.5. The fourth-order valence-electron chi connectivity index (χ4n) is 3.61. The van der Waals surface area contributed by atoms with Crippen LogP contribution in [0.25, 0.3) is 0 Å². The molecule has 4 aromatic rings. The summed E-state index contributed by atoms with van der Waals surface area (Å²) >= 11 is 13.4. The Morgan fingerprint density at radius 1 is 0.842 bits per heavy atom. The van der Waals surface area contributed by atoms with E-state index >= 15 is 0 Å². The third-order valence-electron chi connectivity index (χ3n) is 5.62. The molecule has 2 amide bonds. The van der Waals surface area contributed by atoms with Gasteiger partial charge in [-0.1, -0.05) is 59.6 Å². The van der Waals surface area contributed by atoms with E-state index in [1.807, 2.05) is 42.5 Å². The van der Waals surface area contributed by atoms with Gasteiger partial charge in [0.15, 0.2) is 0 Å². The first-order valence-electron chi connectivity index (χ1n) is 11.4. The lowest BCUT2D eigenvalue weighted by Crippen LogP contribution is -2.20. The van der Waals surface area contributed by atoms with E-state index in [0.717, 1.165) is 16.0 Å². The summed E-state index contributed by atoms with van der Waals surface area (Å²) in [5.74, 6) is -1.73. The monoisotopic (exact) mass is 564 g/mol. The van der Waals surface area contributed by atoms with E-state index in [1.54, 1.807) is 37.3 Å². The van der Waals surface area contributed by atoms with E-state index in [9.17, 15) is 19.5 Å². The number of thioether (sulfide) groups is 1. The van der Waals surface area contributed by atoms with Crippen molar-refractivity contribution in [3.05, 3.63) is 123 Å². The van der Waals surface area contributed by atoms with Crippen LogP contribution in [0, 0.1) is 6.92 Å². The average Bonchev–Trinajstić information content (AvgIpc) is 2.89. The van der Waals surface area contributed by atoms with Crippen LogP contribution < -0.4 is 10.6 Å². The molecule has 3 N–H and O–H groups in total. The zero-order valence-corrected chi connectivity index (χ0v) is 22.4.